The van der Waals surface area contributed by atoms with Crippen molar-refractivity contribution in [2.24, 2.45) is 0 Å². The minimum Gasteiger partial charge on any atom is -0.281 e. The van der Waals surface area contributed by atoms with Gasteiger partial charge in [-0.25, -0.2) is 14.2 Å². The molecule has 0 aliphatic carbocycles. The van der Waals surface area contributed by atoms with E-state index in [9.17, 15) is 9.59 Å². The quantitative estimate of drug-likeness (QED) is 0.736. The molecule has 2 heterocycles. The van der Waals surface area contributed by atoms with Crippen LogP contribution in [0.2, 0.25) is 0 Å². The van der Waals surface area contributed by atoms with Gasteiger partial charge in [-0.05, 0) is 12.8 Å². The predicted octanol–water partition coefficient (Wildman–Crippen LogP) is 0.136. The average Bonchev–Trinajstić information content (AvgIpc) is 2.65. The van der Waals surface area contributed by atoms with E-state index in [-0.39, 0.29) is 5.69 Å². The molecule has 82 valence electrons. The number of aromatic nitrogens is 3. The van der Waals surface area contributed by atoms with Crippen LogP contribution < -0.4 is 11.4 Å². The van der Waals surface area contributed by atoms with Crippen molar-refractivity contribution in [3.63, 3.8) is 0 Å². The van der Waals surface area contributed by atoms with E-state index in [4.69, 9.17) is 0 Å². The molecule has 0 aromatic carbocycles. The Bertz CT molecular complexity index is 477. The van der Waals surface area contributed by atoms with Crippen LogP contribution >= 0.6 is 15.9 Å². The topological polar surface area (TPSA) is 56.9 Å². The zero-order valence-electron chi connectivity index (χ0n) is 8.28. The van der Waals surface area contributed by atoms with Gasteiger partial charge in [0.2, 0.25) is 0 Å². The summed E-state index contributed by atoms with van der Waals surface area (Å²) in [6.07, 6.45) is 2.41. The maximum atomic E-state index is 11.9. The monoisotopic (exact) mass is 273 g/mol. The zero-order valence-corrected chi connectivity index (χ0v) is 9.86. The Labute approximate surface area is 94.9 Å². The molecule has 0 spiro atoms. The predicted molar refractivity (Wildman–Crippen MR) is 59.5 cm³/mol. The summed E-state index contributed by atoms with van der Waals surface area (Å²) in [5.41, 5.74) is -0.613. The van der Waals surface area contributed by atoms with Crippen molar-refractivity contribution >= 4 is 15.9 Å². The molecule has 1 aliphatic heterocycles. The van der Waals surface area contributed by atoms with Gasteiger partial charge in [-0.3, -0.25) is 4.57 Å². The highest BCUT2D eigenvalue weighted by Crippen LogP contribution is 2.05. The molecule has 0 atom stereocenters. The summed E-state index contributed by atoms with van der Waals surface area (Å²) < 4.78 is 2.83. The molecule has 0 radical (unpaired) electrons. The molecule has 0 amide bonds. The van der Waals surface area contributed by atoms with Crippen molar-refractivity contribution in [3.8, 4) is 0 Å². The van der Waals surface area contributed by atoms with Crippen molar-refractivity contribution in [3.05, 3.63) is 26.8 Å². The number of rotatable bonds is 3. The normalized spacial score (nSPS) is 14.2. The van der Waals surface area contributed by atoms with Crippen molar-refractivity contribution in [2.75, 3.05) is 5.33 Å². The smallest absolute Gasteiger partial charge is 0.281 e. The third kappa shape index (κ3) is 1.90. The van der Waals surface area contributed by atoms with Gasteiger partial charge in [0.1, 0.15) is 5.82 Å². The number of aryl methyl sites for hydroxylation is 1. The van der Waals surface area contributed by atoms with Crippen LogP contribution in [0, 0.1) is 0 Å². The van der Waals surface area contributed by atoms with Gasteiger partial charge in [-0.1, -0.05) is 15.9 Å². The Balaban J connectivity index is 2.47. The largest absolute Gasteiger partial charge is 0.353 e. The molecular weight excluding hydrogens is 262 g/mol. The van der Waals surface area contributed by atoms with Gasteiger partial charge in [0.05, 0.1) is 0 Å². The zero-order chi connectivity index (χ0) is 10.8. The van der Waals surface area contributed by atoms with E-state index in [2.05, 4.69) is 20.9 Å². The Morgan fingerprint density at radius 1 is 1.40 bits per heavy atom. The fourth-order valence-corrected chi connectivity index (χ4v) is 2.04. The SMILES string of the molecule is O=c1nc2n(c(=O)n1CCCBr)CCC2. The standard InChI is InChI=1S/C9H12BrN3O2/c10-4-2-6-13-8(14)11-7-3-1-5-12(7)9(13)15/h1-6H2. The second kappa shape index (κ2) is 4.30. The van der Waals surface area contributed by atoms with E-state index in [1.54, 1.807) is 4.57 Å². The fourth-order valence-electron chi connectivity index (χ4n) is 1.79. The summed E-state index contributed by atoms with van der Waals surface area (Å²) in [7, 11) is 0. The van der Waals surface area contributed by atoms with E-state index >= 15 is 0 Å². The minimum absolute atomic E-state index is 0.205. The van der Waals surface area contributed by atoms with Crippen LogP contribution in [0.4, 0.5) is 0 Å². The average molecular weight is 274 g/mol. The van der Waals surface area contributed by atoms with E-state index in [1.807, 2.05) is 0 Å². The van der Waals surface area contributed by atoms with Crippen LogP contribution in [0.15, 0.2) is 9.59 Å². The van der Waals surface area contributed by atoms with Crippen LogP contribution in [0.25, 0.3) is 0 Å². The van der Waals surface area contributed by atoms with Crippen LogP contribution in [0.5, 0.6) is 0 Å². The summed E-state index contributed by atoms with van der Waals surface area (Å²) in [4.78, 5) is 27.3. The molecule has 5 nitrogen and oxygen atoms in total. The van der Waals surface area contributed by atoms with Gasteiger partial charge in [0, 0.05) is 24.8 Å². The van der Waals surface area contributed by atoms with Crippen molar-refractivity contribution in [1.29, 1.82) is 0 Å². The lowest BCUT2D eigenvalue weighted by Crippen LogP contribution is -2.41. The molecule has 0 fully saturated rings. The first kappa shape index (κ1) is 10.6. The van der Waals surface area contributed by atoms with E-state index in [0.29, 0.717) is 18.9 Å². The number of hydrogen-bond donors (Lipinski definition) is 0. The minimum atomic E-state index is -0.408. The lowest BCUT2D eigenvalue weighted by molar-refractivity contribution is 0.539. The Morgan fingerprint density at radius 3 is 2.93 bits per heavy atom. The Hall–Kier alpha value is -0.910. The second-order valence-corrected chi connectivity index (χ2v) is 4.34. The third-order valence-electron chi connectivity index (χ3n) is 2.53. The third-order valence-corrected chi connectivity index (χ3v) is 3.09. The van der Waals surface area contributed by atoms with Gasteiger partial charge in [-0.2, -0.15) is 4.98 Å². The number of hydrogen-bond acceptors (Lipinski definition) is 3. The van der Waals surface area contributed by atoms with Gasteiger partial charge in [0.15, 0.2) is 0 Å². The summed E-state index contributed by atoms with van der Waals surface area (Å²) in [6.45, 7) is 1.13. The summed E-state index contributed by atoms with van der Waals surface area (Å²) in [5, 5.41) is 0.778. The highest BCUT2D eigenvalue weighted by Gasteiger charge is 2.16. The Morgan fingerprint density at radius 2 is 2.20 bits per heavy atom. The molecule has 1 aliphatic rings. The highest BCUT2D eigenvalue weighted by molar-refractivity contribution is 9.09. The summed E-state index contributed by atoms with van der Waals surface area (Å²) in [6, 6.07) is 0. The molecule has 6 heteroatoms. The molecule has 15 heavy (non-hydrogen) atoms. The van der Waals surface area contributed by atoms with Gasteiger partial charge >= 0.3 is 11.4 Å². The molecular formula is C9H12BrN3O2. The molecule has 2 rings (SSSR count). The second-order valence-electron chi connectivity index (χ2n) is 3.54. The van der Waals surface area contributed by atoms with E-state index < -0.39 is 5.69 Å². The highest BCUT2D eigenvalue weighted by atomic mass is 79.9. The molecule has 0 bridgehead atoms. The van der Waals surface area contributed by atoms with E-state index in [1.165, 1.54) is 4.57 Å². The lowest BCUT2D eigenvalue weighted by Gasteiger charge is -2.06. The summed E-state index contributed by atoms with van der Waals surface area (Å²) in [5.74, 6) is 0.639. The maximum absolute atomic E-state index is 11.9. The van der Waals surface area contributed by atoms with Gasteiger partial charge < -0.3 is 0 Å². The van der Waals surface area contributed by atoms with Gasteiger partial charge in [0.25, 0.3) is 0 Å². The van der Waals surface area contributed by atoms with Crippen molar-refractivity contribution < 1.29 is 0 Å². The molecule has 0 N–H and O–H groups in total. The number of halogens is 1. The molecule has 1 aromatic heterocycles. The first-order valence-corrected chi connectivity index (χ1v) is 6.12. The van der Waals surface area contributed by atoms with Crippen LogP contribution in [-0.4, -0.2) is 19.4 Å². The number of fused-ring (bicyclic) bond motifs is 1. The maximum Gasteiger partial charge on any atom is 0.353 e. The molecule has 1 aromatic rings. The van der Waals surface area contributed by atoms with Crippen LogP contribution in [0.3, 0.4) is 0 Å². The van der Waals surface area contributed by atoms with Crippen molar-refractivity contribution in [1.82, 2.24) is 14.1 Å². The first-order chi connectivity index (χ1) is 7.24. The molecule has 0 saturated heterocycles. The number of nitrogens with zero attached hydrogens (tertiary/aromatic N) is 3. The fraction of sp³-hybridized carbons (Fsp3) is 0.667. The van der Waals surface area contributed by atoms with Gasteiger partial charge in [-0.15, -0.1) is 0 Å². The van der Waals surface area contributed by atoms with Crippen LogP contribution in [-0.2, 0) is 19.5 Å². The number of alkyl halides is 1. The van der Waals surface area contributed by atoms with Crippen LogP contribution in [0.1, 0.15) is 18.7 Å². The molecule has 0 saturated carbocycles. The van der Waals surface area contributed by atoms with E-state index in [0.717, 1.165) is 24.6 Å². The molecule has 0 unspecified atom stereocenters. The van der Waals surface area contributed by atoms with Crippen molar-refractivity contribution in [2.45, 2.75) is 32.4 Å². The lowest BCUT2D eigenvalue weighted by atomic mass is 10.4. The summed E-state index contributed by atoms with van der Waals surface area (Å²) >= 11 is 3.27. The Kier molecular flexibility index (Phi) is 3.04. The first-order valence-electron chi connectivity index (χ1n) is 5.00.